The molecule has 3 rings (SSSR count). The predicted molar refractivity (Wildman–Crippen MR) is 108 cm³/mol. The van der Waals surface area contributed by atoms with Gasteiger partial charge < -0.3 is 15.4 Å². The van der Waals surface area contributed by atoms with E-state index in [1.54, 1.807) is 13.2 Å². The van der Waals surface area contributed by atoms with Gasteiger partial charge in [0.15, 0.2) is 0 Å². The summed E-state index contributed by atoms with van der Waals surface area (Å²) in [5, 5.41) is 9.82. The van der Waals surface area contributed by atoms with Crippen molar-refractivity contribution in [2.45, 2.75) is 19.4 Å². The van der Waals surface area contributed by atoms with E-state index in [9.17, 15) is 9.59 Å². The van der Waals surface area contributed by atoms with Crippen molar-refractivity contribution < 1.29 is 14.3 Å². The van der Waals surface area contributed by atoms with Crippen molar-refractivity contribution >= 4 is 33.9 Å². The fourth-order valence-corrected chi connectivity index (χ4v) is 3.55. The molecule has 0 aliphatic carbocycles. The van der Waals surface area contributed by atoms with Crippen LogP contribution in [0.5, 0.6) is 5.75 Å². The van der Waals surface area contributed by atoms with Crippen LogP contribution in [0.4, 0.5) is 0 Å². The first-order chi connectivity index (χ1) is 13.2. The predicted octanol–water partition coefficient (Wildman–Crippen LogP) is 3.74. The molecular weight excluding hydrogens is 360 g/mol. The Hall–Kier alpha value is -2.86. The minimum absolute atomic E-state index is 0.0460. The number of thiophene rings is 1. The molecule has 0 fully saturated rings. The maximum Gasteiger partial charge on any atom is 0.261 e. The molecule has 2 amide bonds. The van der Waals surface area contributed by atoms with Gasteiger partial charge in [-0.25, -0.2) is 0 Å². The first-order valence-electron chi connectivity index (χ1n) is 8.82. The lowest BCUT2D eigenvalue weighted by Crippen LogP contribution is -2.27. The summed E-state index contributed by atoms with van der Waals surface area (Å²) in [6, 6.07) is 15.6. The number of methoxy groups -OCH3 is 1. The molecule has 0 spiro atoms. The molecule has 1 aromatic heterocycles. The molecule has 0 aliphatic heterocycles. The lowest BCUT2D eigenvalue weighted by atomic mass is 10.0. The van der Waals surface area contributed by atoms with E-state index < -0.39 is 0 Å². The molecule has 0 unspecified atom stereocenters. The fraction of sp³-hybridized carbons (Fsp3) is 0.238. The molecule has 0 aliphatic rings. The summed E-state index contributed by atoms with van der Waals surface area (Å²) in [5.74, 6) is 0.624. The molecule has 6 heteroatoms. The molecule has 1 heterocycles. The van der Waals surface area contributed by atoms with Gasteiger partial charge in [0.25, 0.3) is 5.91 Å². The van der Waals surface area contributed by atoms with E-state index in [2.05, 4.69) is 10.6 Å². The van der Waals surface area contributed by atoms with E-state index in [0.29, 0.717) is 30.8 Å². The molecule has 0 radical (unpaired) electrons. The summed E-state index contributed by atoms with van der Waals surface area (Å²) in [6.07, 6.45) is 0.952. The monoisotopic (exact) mass is 382 g/mol. The number of carbonyl (C=O) groups excluding carboxylic acids is 2. The topological polar surface area (TPSA) is 67.4 Å². The molecule has 3 aromatic rings. The van der Waals surface area contributed by atoms with Gasteiger partial charge in [-0.2, -0.15) is 0 Å². The zero-order valence-electron chi connectivity index (χ0n) is 15.2. The van der Waals surface area contributed by atoms with Crippen LogP contribution < -0.4 is 15.4 Å². The van der Waals surface area contributed by atoms with Gasteiger partial charge in [0, 0.05) is 25.1 Å². The molecule has 0 saturated carbocycles. The Morgan fingerprint density at radius 3 is 2.67 bits per heavy atom. The second kappa shape index (κ2) is 9.19. The maximum atomic E-state index is 12.2. The van der Waals surface area contributed by atoms with E-state index in [1.807, 2.05) is 47.8 Å². The fourth-order valence-electron chi connectivity index (χ4n) is 2.91. The molecule has 5 nitrogen and oxygen atoms in total. The average Bonchev–Trinajstić information content (AvgIpc) is 3.24. The molecular formula is C21H22N2O3S. The second-order valence-corrected chi connectivity index (χ2v) is 7.03. The quantitative estimate of drug-likeness (QED) is 0.583. The Balaban J connectivity index is 1.49. The summed E-state index contributed by atoms with van der Waals surface area (Å²) < 4.78 is 5.45. The highest BCUT2D eigenvalue weighted by atomic mass is 32.1. The SMILES string of the molecule is COc1ccc2ccccc2c1CNC(=O)CCCNC(=O)c1cccs1. The Labute approximate surface area is 162 Å². The van der Waals surface area contributed by atoms with Crippen LogP contribution in [0.25, 0.3) is 10.8 Å². The van der Waals surface area contributed by atoms with Crippen LogP contribution >= 0.6 is 11.3 Å². The average molecular weight is 382 g/mol. The van der Waals surface area contributed by atoms with Crippen molar-refractivity contribution in [3.63, 3.8) is 0 Å². The van der Waals surface area contributed by atoms with E-state index >= 15 is 0 Å². The van der Waals surface area contributed by atoms with Crippen molar-refractivity contribution in [1.82, 2.24) is 10.6 Å². The third kappa shape index (κ3) is 4.86. The number of rotatable bonds is 8. The first-order valence-corrected chi connectivity index (χ1v) is 9.70. The highest BCUT2D eigenvalue weighted by Gasteiger charge is 2.10. The highest BCUT2D eigenvalue weighted by Crippen LogP contribution is 2.27. The van der Waals surface area contributed by atoms with E-state index in [1.165, 1.54) is 11.3 Å². The lowest BCUT2D eigenvalue weighted by Gasteiger charge is -2.13. The Morgan fingerprint density at radius 1 is 1.04 bits per heavy atom. The minimum Gasteiger partial charge on any atom is -0.496 e. The number of hydrogen-bond acceptors (Lipinski definition) is 4. The Morgan fingerprint density at radius 2 is 1.89 bits per heavy atom. The molecule has 0 atom stereocenters. The number of benzene rings is 2. The van der Waals surface area contributed by atoms with E-state index in [-0.39, 0.29) is 11.8 Å². The summed E-state index contributed by atoms with van der Waals surface area (Å²) in [6.45, 7) is 0.882. The van der Waals surface area contributed by atoms with Crippen LogP contribution in [0.2, 0.25) is 0 Å². The van der Waals surface area contributed by atoms with E-state index in [4.69, 9.17) is 4.74 Å². The second-order valence-electron chi connectivity index (χ2n) is 6.08. The molecule has 27 heavy (non-hydrogen) atoms. The number of ether oxygens (including phenoxy) is 1. The Kier molecular flexibility index (Phi) is 6.44. The number of carbonyl (C=O) groups is 2. The zero-order valence-corrected chi connectivity index (χ0v) is 16.0. The van der Waals surface area contributed by atoms with Crippen LogP contribution in [0, 0.1) is 0 Å². The number of hydrogen-bond donors (Lipinski definition) is 2. The van der Waals surface area contributed by atoms with Gasteiger partial charge in [-0.3, -0.25) is 9.59 Å². The summed E-state index contributed by atoms with van der Waals surface area (Å²) in [5.41, 5.74) is 0.968. The molecule has 0 saturated heterocycles. The normalized spacial score (nSPS) is 10.6. The zero-order chi connectivity index (χ0) is 19.1. The van der Waals surface area contributed by atoms with Gasteiger partial charge in [0.2, 0.25) is 5.91 Å². The molecule has 2 N–H and O–H groups in total. The molecule has 0 bridgehead atoms. The molecule has 140 valence electrons. The van der Waals surface area contributed by atoms with Crippen molar-refractivity contribution in [3.8, 4) is 5.75 Å². The number of nitrogens with one attached hydrogen (secondary N) is 2. The summed E-state index contributed by atoms with van der Waals surface area (Å²) in [4.78, 5) is 24.7. The lowest BCUT2D eigenvalue weighted by molar-refractivity contribution is -0.121. The van der Waals surface area contributed by atoms with Crippen molar-refractivity contribution in [3.05, 3.63) is 64.4 Å². The van der Waals surface area contributed by atoms with Gasteiger partial charge in [0.05, 0.1) is 12.0 Å². The van der Waals surface area contributed by atoms with Crippen LogP contribution in [-0.2, 0) is 11.3 Å². The van der Waals surface area contributed by atoms with Crippen LogP contribution in [0.1, 0.15) is 28.1 Å². The Bertz CT molecular complexity index is 922. The van der Waals surface area contributed by atoms with Crippen LogP contribution in [0.3, 0.4) is 0 Å². The standard InChI is InChI=1S/C21H22N2O3S/c1-26-18-11-10-15-6-2-3-7-16(15)17(18)14-23-20(24)9-4-12-22-21(25)19-8-5-13-27-19/h2-3,5-8,10-11,13H,4,9,12,14H2,1H3,(H,22,25)(H,23,24). The van der Waals surface area contributed by atoms with Gasteiger partial charge >= 0.3 is 0 Å². The van der Waals surface area contributed by atoms with Crippen LogP contribution in [-0.4, -0.2) is 25.5 Å². The van der Waals surface area contributed by atoms with Crippen molar-refractivity contribution in [2.24, 2.45) is 0 Å². The minimum atomic E-state index is -0.0918. The van der Waals surface area contributed by atoms with Gasteiger partial charge in [-0.1, -0.05) is 36.4 Å². The summed E-state index contributed by atoms with van der Waals surface area (Å²) in [7, 11) is 1.63. The van der Waals surface area contributed by atoms with Gasteiger partial charge in [-0.15, -0.1) is 11.3 Å². The van der Waals surface area contributed by atoms with E-state index in [0.717, 1.165) is 22.1 Å². The van der Waals surface area contributed by atoms with Crippen molar-refractivity contribution in [1.29, 1.82) is 0 Å². The number of amides is 2. The van der Waals surface area contributed by atoms with Crippen molar-refractivity contribution in [2.75, 3.05) is 13.7 Å². The maximum absolute atomic E-state index is 12.2. The third-order valence-electron chi connectivity index (χ3n) is 4.29. The summed E-state index contributed by atoms with van der Waals surface area (Å²) >= 11 is 1.40. The van der Waals surface area contributed by atoms with Crippen LogP contribution in [0.15, 0.2) is 53.9 Å². The third-order valence-corrected chi connectivity index (χ3v) is 5.16. The van der Waals surface area contributed by atoms with Gasteiger partial charge in [0.1, 0.15) is 5.75 Å². The largest absolute Gasteiger partial charge is 0.496 e. The van der Waals surface area contributed by atoms with Gasteiger partial charge in [-0.05, 0) is 34.7 Å². The number of fused-ring (bicyclic) bond motifs is 1. The highest BCUT2D eigenvalue weighted by molar-refractivity contribution is 7.12. The molecule has 2 aromatic carbocycles. The smallest absolute Gasteiger partial charge is 0.261 e. The first kappa shape index (κ1) is 18.9.